The van der Waals surface area contributed by atoms with Crippen LogP contribution in [0.5, 0.6) is 11.5 Å². The lowest BCUT2D eigenvalue weighted by molar-refractivity contribution is 0.164. The number of benzene rings is 2. The maximum atomic E-state index is 9.43. The van der Waals surface area contributed by atoms with Crippen LogP contribution in [0.1, 0.15) is 144 Å². The van der Waals surface area contributed by atoms with Crippen LogP contribution in [-0.4, -0.2) is 39.1 Å². The summed E-state index contributed by atoms with van der Waals surface area (Å²) in [5.74, 6) is 2.19. The molecule has 0 aliphatic carbocycles. The van der Waals surface area contributed by atoms with Crippen molar-refractivity contribution in [3.8, 4) is 11.5 Å². The van der Waals surface area contributed by atoms with Crippen molar-refractivity contribution in [1.29, 1.82) is 0 Å². The quantitative estimate of drug-likeness (QED) is 0.149. The Hall–Kier alpha value is -2.34. The first kappa shape index (κ1) is 46.1. The molecule has 0 radical (unpaired) electrons. The lowest BCUT2D eigenvalue weighted by Gasteiger charge is -2.19. The number of allylic oxidation sites excluding steroid dienone is 2. The van der Waals surface area contributed by atoms with Gasteiger partial charge >= 0.3 is 0 Å². The Bertz CT molecular complexity index is 864. The molecule has 2 rings (SSSR count). The SMILES string of the molecule is CC.CC.CC=CCC.CCC(CO)c1ccc(OCCOc2c(COC)cc(C(C)C)cc2COC)cc1.CCCCC.[HH]. The summed E-state index contributed by atoms with van der Waals surface area (Å²) in [6.45, 7) is 25.0. The normalized spacial score (nSPS) is 10.7. The predicted octanol–water partition coefficient (Wildman–Crippen LogP) is 11.5. The van der Waals surface area contributed by atoms with Gasteiger partial charge in [0.25, 0.3) is 0 Å². The molecule has 0 fully saturated rings. The minimum atomic E-state index is 0. The Morgan fingerprint density at radius 1 is 0.773 bits per heavy atom. The molecule has 0 aromatic heterocycles. The van der Waals surface area contributed by atoms with Gasteiger partial charge in [0.1, 0.15) is 24.7 Å². The molecule has 2 aromatic carbocycles. The molecule has 0 amide bonds. The van der Waals surface area contributed by atoms with E-state index < -0.39 is 0 Å². The molecule has 44 heavy (non-hydrogen) atoms. The van der Waals surface area contributed by atoms with Gasteiger partial charge in [0.05, 0.1) is 13.2 Å². The van der Waals surface area contributed by atoms with Crippen LogP contribution in [0.15, 0.2) is 48.6 Å². The number of hydrogen-bond donors (Lipinski definition) is 1. The van der Waals surface area contributed by atoms with E-state index in [-0.39, 0.29) is 14.0 Å². The van der Waals surface area contributed by atoms with E-state index in [0.29, 0.717) is 32.3 Å². The van der Waals surface area contributed by atoms with Gasteiger partial charge < -0.3 is 24.1 Å². The van der Waals surface area contributed by atoms with Gasteiger partial charge in [0, 0.05) is 39.3 Å². The van der Waals surface area contributed by atoms with E-state index in [1.54, 1.807) is 14.2 Å². The van der Waals surface area contributed by atoms with E-state index in [0.717, 1.165) is 41.0 Å². The van der Waals surface area contributed by atoms with Crippen molar-refractivity contribution in [2.75, 3.05) is 34.0 Å². The summed E-state index contributed by atoms with van der Waals surface area (Å²) in [5.41, 5.74) is 4.41. The zero-order chi connectivity index (χ0) is 34.2. The predicted molar refractivity (Wildman–Crippen MR) is 195 cm³/mol. The van der Waals surface area contributed by atoms with Crippen molar-refractivity contribution in [1.82, 2.24) is 0 Å². The topological polar surface area (TPSA) is 57.2 Å². The average molecular weight is 621 g/mol. The van der Waals surface area contributed by atoms with E-state index >= 15 is 0 Å². The van der Waals surface area contributed by atoms with Gasteiger partial charge in [-0.15, -0.1) is 0 Å². The van der Waals surface area contributed by atoms with Crippen LogP contribution in [0.4, 0.5) is 0 Å². The van der Waals surface area contributed by atoms with Crippen molar-refractivity contribution in [3.63, 3.8) is 0 Å². The summed E-state index contributed by atoms with van der Waals surface area (Å²) in [6.07, 6.45) is 10.3. The largest absolute Gasteiger partial charge is 0.490 e. The molecule has 0 spiro atoms. The maximum absolute atomic E-state index is 9.43. The van der Waals surface area contributed by atoms with Crippen molar-refractivity contribution in [2.45, 2.75) is 133 Å². The smallest absolute Gasteiger partial charge is 0.130 e. The molecule has 0 heterocycles. The third-order valence-electron chi connectivity index (χ3n) is 6.37. The molecule has 5 nitrogen and oxygen atoms in total. The van der Waals surface area contributed by atoms with Crippen LogP contribution >= 0.6 is 0 Å². The van der Waals surface area contributed by atoms with Gasteiger partial charge in [-0.05, 0) is 61.1 Å². The number of unbranched alkanes of at least 4 members (excludes halogenated alkanes) is 2. The molecule has 258 valence electrons. The van der Waals surface area contributed by atoms with Crippen LogP contribution in [0.25, 0.3) is 0 Å². The van der Waals surface area contributed by atoms with Crippen molar-refractivity contribution in [3.05, 3.63) is 70.8 Å². The fourth-order valence-electron chi connectivity index (χ4n) is 4.02. The first-order chi connectivity index (χ1) is 21.4. The molecular formula is C39H72O5. The van der Waals surface area contributed by atoms with Gasteiger partial charge in [-0.25, -0.2) is 0 Å². The van der Waals surface area contributed by atoms with Gasteiger partial charge in [0.2, 0.25) is 0 Å². The first-order valence-electron chi connectivity index (χ1n) is 17.1. The van der Waals surface area contributed by atoms with Crippen molar-refractivity contribution < 1.29 is 25.5 Å². The Balaban J connectivity index is -0.000000474. The zero-order valence-corrected chi connectivity index (χ0v) is 30.9. The molecule has 0 aliphatic heterocycles. The van der Waals surface area contributed by atoms with E-state index in [1.807, 2.05) is 58.9 Å². The molecule has 0 aliphatic rings. The van der Waals surface area contributed by atoms with E-state index in [4.69, 9.17) is 18.9 Å². The maximum Gasteiger partial charge on any atom is 0.130 e. The average Bonchev–Trinajstić information content (AvgIpc) is 3.05. The number of aliphatic hydroxyl groups is 1. The second-order valence-electron chi connectivity index (χ2n) is 10.1. The highest BCUT2D eigenvalue weighted by molar-refractivity contribution is 5.45. The summed E-state index contributed by atoms with van der Waals surface area (Å²) < 4.78 is 22.7. The number of ether oxygens (including phenoxy) is 4. The molecule has 2 aromatic rings. The Morgan fingerprint density at radius 2 is 1.27 bits per heavy atom. The molecular weight excluding hydrogens is 548 g/mol. The number of aliphatic hydroxyl groups excluding tert-OH is 1. The molecule has 1 N–H and O–H groups in total. The van der Waals surface area contributed by atoms with Gasteiger partial charge in [-0.2, -0.15) is 0 Å². The molecule has 0 bridgehead atoms. The summed E-state index contributed by atoms with van der Waals surface area (Å²) >= 11 is 0. The molecule has 0 saturated heterocycles. The highest BCUT2D eigenvalue weighted by Crippen LogP contribution is 2.31. The Kier molecular flexibility index (Phi) is 35.1. The van der Waals surface area contributed by atoms with Crippen LogP contribution in [-0.2, 0) is 22.7 Å². The lowest BCUT2D eigenvalue weighted by Crippen LogP contribution is -2.12. The van der Waals surface area contributed by atoms with E-state index in [9.17, 15) is 5.11 Å². The van der Waals surface area contributed by atoms with Crippen LogP contribution in [0.2, 0.25) is 0 Å². The van der Waals surface area contributed by atoms with E-state index in [2.05, 4.69) is 65.8 Å². The fourth-order valence-corrected chi connectivity index (χ4v) is 4.02. The standard InChI is InChI=1S/C25H36O5.C5H12.C5H10.2C2H6.H2/c1-6-19(15-26)20-7-9-24(10-8-20)29-11-12-30-25-22(16-27-4)13-21(18(2)3)14-23(25)17-28-5;2*1-3-5-4-2;2*1-2;/h7-10,13-14,18-19,26H,6,11-12,15-17H2,1-5H3;3-5H2,1-2H3;3,5H,4H2,1-2H3;2*1-2H3;1H. The molecule has 1 unspecified atom stereocenters. The summed E-state index contributed by atoms with van der Waals surface area (Å²) in [6, 6.07) is 12.2. The van der Waals surface area contributed by atoms with Crippen molar-refractivity contribution >= 4 is 0 Å². The highest BCUT2D eigenvalue weighted by atomic mass is 16.5. The highest BCUT2D eigenvalue weighted by Gasteiger charge is 2.15. The third-order valence-corrected chi connectivity index (χ3v) is 6.37. The number of rotatable bonds is 16. The van der Waals surface area contributed by atoms with Crippen LogP contribution < -0.4 is 9.47 Å². The molecule has 1 atom stereocenters. The summed E-state index contributed by atoms with van der Waals surface area (Å²) in [5, 5.41) is 9.43. The Labute approximate surface area is 274 Å². The first-order valence-corrected chi connectivity index (χ1v) is 17.1. The van der Waals surface area contributed by atoms with Gasteiger partial charge in [-0.1, -0.05) is 113 Å². The van der Waals surface area contributed by atoms with E-state index in [1.165, 1.54) is 24.8 Å². The third kappa shape index (κ3) is 21.4. The number of methoxy groups -OCH3 is 2. The summed E-state index contributed by atoms with van der Waals surface area (Å²) in [7, 11) is 3.38. The Morgan fingerprint density at radius 3 is 1.59 bits per heavy atom. The van der Waals surface area contributed by atoms with Crippen molar-refractivity contribution in [2.24, 2.45) is 0 Å². The minimum Gasteiger partial charge on any atom is -0.490 e. The number of hydrogen-bond acceptors (Lipinski definition) is 5. The second-order valence-corrected chi connectivity index (χ2v) is 10.1. The minimum absolute atomic E-state index is 0. The van der Waals surface area contributed by atoms with Gasteiger partial charge in [0.15, 0.2) is 0 Å². The second kappa shape index (κ2) is 33.6. The molecule has 0 saturated carbocycles. The zero-order valence-electron chi connectivity index (χ0n) is 30.9. The van der Waals surface area contributed by atoms with Crippen LogP contribution in [0.3, 0.4) is 0 Å². The van der Waals surface area contributed by atoms with Crippen LogP contribution in [0, 0.1) is 0 Å². The molecule has 5 heteroatoms. The lowest BCUT2D eigenvalue weighted by atomic mass is 9.97. The fraction of sp³-hybridized carbons (Fsp3) is 0.641. The monoisotopic (exact) mass is 621 g/mol. The van der Waals surface area contributed by atoms with Gasteiger partial charge in [-0.3, -0.25) is 0 Å². The summed E-state index contributed by atoms with van der Waals surface area (Å²) in [4.78, 5) is 0.